The molecule has 1 aromatic rings. The molecule has 0 spiro atoms. The molecule has 1 aromatic carbocycles. The third kappa shape index (κ3) is 3.86. The fraction of sp³-hybridized carbons (Fsp3) is 0.500. The summed E-state index contributed by atoms with van der Waals surface area (Å²) in [5, 5.41) is -0.368. The Hall–Kier alpha value is -0.790. The highest BCUT2D eigenvalue weighted by molar-refractivity contribution is 8.13. The molecule has 0 amide bonds. The van der Waals surface area contributed by atoms with Crippen molar-refractivity contribution in [3.63, 3.8) is 0 Å². The standard InChI is InChI=1S/C12H16ClNO4S2/c13-19(15,16)11-8-6-10(7-9-11)14-20(17,18)12-4-2-1-3-5-12/h6-9,12,14H,1-5H2. The highest BCUT2D eigenvalue weighted by atomic mass is 35.7. The third-order valence-corrected chi connectivity index (χ3v) is 6.63. The van der Waals surface area contributed by atoms with E-state index in [4.69, 9.17) is 10.7 Å². The maximum atomic E-state index is 12.2. The predicted octanol–water partition coefficient (Wildman–Crippen LogP) is 2.69. The maximum Gasteiger partial charge on any atom is 0.261 e. The van der Waals surface area contributed by atoms with Crippen molar-refractivity contribution in [3.8, 4) is 0 Å². The molecule has 0 aliphatic heterocycles. The predicted molar refractivity (Wildman–Crippen MR) is 78.9 cm³/mol. The van der Waals surface area contributed by atoms with Gasteiger partial charge in [0.25, 0.3) is 9.05 Å². The van der Waals surface area contributed by atoms with Crippen LogP contribution in [0.5, 0.6) is 0 Å². The second-order valence-corrected chi connectivity index (χ2v) is 9.40. The molecule has 8 heteroatoms. The smallest absolute Gasteiger partial charge is 0.261 e. The molecule has 0 atom stereocenters. The molecule has 0 unspecified atom stereocenters. The maximum absolute atomic E-state index is 12.2. The number of nitrogens with one attached hydrogen (secondary N) is 1. The van der Waals surface area contributed by atoms with Crippen molar-refractivity contribution in [2.75, 3.05) is 4.72 Å². The van der Waals surface area contributed by atoms with Crippen LogP contribution in [-0.2, 0) is 19.1 Å². The van der Waals surface area contributed by atoms with Crippen LogP contribution in [0.25, 0.3) is 0 Å². The van der Waals surface area contributed by atoms with Gasteiger partial charge in [-0.1, -0.05) is 19.3 Å². The van der Waals surface area contributed by atoms with Crippen LogP contribution >= 0.6 is 10.7 Å². The van der Waals surface area contributed by atoms with Crippen molar-refractivity contribution in [1.82, 2.24) is 0 Å². The van der Waals surface area contributed by atoms with E-state index >= 15 is 0 Å². The summed E-state index contributed by atoms with van der Waals surface area (Å²) in [6.07, 6.45) is 4.27. The largest absolute Gasteiger partial charge is 0.283 e. The Balaban J connectivity index is 2.13. The summed E-state index contributed by atoms with van der Waals surface area (Å²) in [7, 11) is -2.01. The zero-order valence-corrected chi connectivity index (χ0v) is 13.1. The monoisotopic (exact) mass is 337 g/mol. The van der Waals surface area contributed by atoms with Gasteiger partial charge in [0.05, 0.1) is 10.1 Å². The lowest BCUT2D eigenvalue weighted by molar-refractivity contribution is 0.486. The van der Waals surface area contributed by atoms with Gasteiger partial charge in [0.1, 0.15) is 0 Å². The molecule has 0 aromatic heterocycles. The van der Waals surface area contributed by atoms with E-state index in [2.05, 4.69) is 4.72 Å². The van der Waals surface area contributed by atoms with Crippen LogP contribution in [0.15, 0.2) is 29.2 Å². The van der Waals surface area contributed by atoms with Gasteiger partial charge < -0.3 is 0 Å². The van der Waals surface area contributed by atoms with Gasteiger partial charge in [-0.25, -0.2) is 16.8 Å². The highest BCUT2D eigenvalue weighted by Gasteiger charge is 2.27. The first-order valence-electron chi connectivity index (χ1n) is 6.35. The molecule has 2 rings (SSSR count). The first-order chi connectivity index (χ1) is 9.29. The van der Waals surface area contributed by atoms with Crippen LogP contribution in [0.1, 0.15) is 32.1 Å². The topological polar surface area (TPSA) is 80.3 Å². The van der Waals surface area contributed by atoms with E-state index in [9.17, 15) is 16.8 Å². The molecule has 0 heterocycles. The number of benzene rings is 1. The van der Waals surface area contributed by atoms with Crippen molar-refractivity contribution in [2.24, 2.45) is 0 Å². The van der Waals surface area contributed by atoms with Crippen molar-refractivity contribution < 1.29 is 16.8 Å². The fourth-order valence-corrected chi connectivity index (χ4v) is 4.66. The van der Waals surface area contributed by atoms with E-state index in [-0.39, 0.29) is 10.1 Å². The molecule has 112 valence electrons. The zero-order valence-electron chi connectivity index (χ0n) is 10.7. The Kier molecular flexibility index (Phi) is 4.61. The van der Waals surface area contributed by atoms with Crippen LogP contribution < -0.4 is 4.72 Å². The minimum atomic E-state index is -3.79. The second kappa shape index (κ2) is 5.91. The Labute approximate surface area is 123 Å². The number of hydrogen-bond donors (Lipinski definition) is 1. The van der Waals surface area contributed by atoms with Crippen molar-refractivity contribution in [1.29, 1.82) is 0 Å². The number of rotatable bonds is 4. The Bertz CT molecular complexity index is 662. The summed E-state index contributed by atoms with van der Waals surface area (Å²) in [5.41, 5.74) is 0.347. The van der Waals surface area contributed by atoms with Crippen LogP contribution in [0.4, 0.5) is 5.69 Å². The van der Waals surface area contributed by atoms with E-state index in [1.54, 1.807) is 0 Å². The average molecular weight is 338 g/mol. The van der Waals surface area contributed by atoms with Crippen LogP contribution in [-0.4, -0.2) is 22.1 Å². The van der Waals surface area contributed by atoms with Crippen LogP contribution in [0, 0.1) is 0 Å². The normalized spacial score (nSPS) is 17.9. The van der Waals surface area contributed by atoms with E-state index in [1.807, 2.05) is 0 Å². The Morgan fingerprint density at radius 3 is 2.00 bits per heavy atom. The molecular weight excluding hydrogens is 322 g/mol. The molecule has 1 aliphatic carbocycles. The number of anilines is 1. The van der Waals surface area contributed by atoms with Crippen molar-refractivity contribution >= 4 is 35.4 Å². The highest BCUT2D eigenvalue weighted by Crippen LogP contribution is 2.26. The van der Waals surface area contributed by atoms with E-state index in [1.165, 1.54) is 24.3 Å². The zero-order chi connectivity index (χ0) is 14.8. The molecule has 1 saturated carbocycles. The van der Waals surface area contributed by atoms with Gasteiger partial charge in [-0.2, -0.15) is 0 Å². The number of halogens is 1. The fourth-order valence-electron chi connectivity index (χ4n) is 2.31. The first-order valence-corrected chi connectivity index (χ1v) is 10.2. The van der Waals surface area contributed by atoms with Crippen LogP contribution in [0.2, 0.25) is 0 Å². The molecule has 1 N–H and O–H groups in total. The molecule has 1 aliphatic rings. The van der Waals surface area contributed by atoms with Gasteiger partial charge >= 0.3 is 0 Å². The number of sulfonamides is 1. The molecule has 5 nitrogen and oxygen atoms in total. The van der Waals surface area contributed by atoms with E-state index in [0.717, 1.165) is 19.3 Å². The van der Waals surface area contributed by atoms with E-state index < -0.39 is 19.1 Å². The lowest BCUT2D eigenvalue weighted by Crippen LogP contribution is -2.29. The second-order valence-electron chi connectivity index (χ2n) is 4.87. The summed E-state index contributed by atoms with van der Waals surface area (Å²) >= 11 is 0. The van der Waals surface area contributed by atoms with Gasteiger partial charge in [-0.05, 0) is 37.1 Å². The summed E-state index contributed by atoms with van der Waals surface area (Å²) in [4.78, 5) is -0.0558. The van der Waals surface area contributed by atoms with Gasteiger partial charge in [-0.3, -0.25) is 4.72 Å². The van der Waals surface area contributed by atoms with Gasteiger partial charge in [-0.15, -0.1) is 0 Å². The molecular formula is C12H16ClNO4S2. The van der Waals surface area contributed by atoms with E-state index in [0.29, 0.717) is 18.5 Å². The Morgan fingerprint density at radius 2 is 1.50 bits per heavy atom. The lowest BCUT2D eigenvalue weighted by atomic mass is 10.0. The molecule has 1 fully saturated rings. The molecule has 20 heavy (non-hydrogen) atoms. The summed E-state index contributed by atoms with van der Waals surface area (Å²) < 4.78 is 49.1. The summed E-state index contributed by atoms with van der Waals surface area (Å²) in [6, 6.07) is 5.35. The van der Waals surface area contributed by atoms with Crippen LogP contribution in [0.3, 0.4) is 0 Å². The quantitative estimate of drug-likeness (QED) is 0.856. The molecule has 0 saturated heterocycles. The lowest BCUT2D eigenvalue weighted by Gasteiger charge is -2.22. The summed E-state index contributed by atoms with van der Waals surface area (Å²) in [6.45, 7) is 0. The average Bonchev–Trinajstić information content (AvgIpc) is 2.39. The van der Waals surface area contributed by atoms with Gasteiger partial charge in [0.2, 0.25) is 10.0 Å². The minimum Gasteiger partial charge on any atom is -0.283 e. The first kappa shape index (κ1) is 15.6. The Morgan fingerprint density at radius 1 is 0.950 bits per heavy atom. The van der Waals surface area contributed by atoms with Gasteiger partial charge in [0.15, 0.2) is 0 Å². The van der Waals surface area contributed by atoms with Gasteiger partial charge in [0, 0.05) is 16.4 Å². The third-order valence-electron chi connectivity index (χ3n) is 3.39. The van der Waals surface area contributed by atoms with Crippen molar-refractivity contribution in [2.45, 2.75) is 42.2 Å². The van der Waals surface area contributed by atoms with Crippen molar-refractivity contribution in [3.05, 3.63) is 24.3 Å². The molecule has 0 radical (unpaired) electrons. The number of hydrogen-bond acceptors (Lipinski definition) is 4. The SMILES string of the molecule is O=S(=O)(Cl)c1ccc(NS(=O)(=O)C2CCCCC2)cc1. The summed E-state index contributed by atoms with van der Waals surface area (Å²) in [5.74, 6) is 0. The molecule has 0 bridgehead atoms. The minimum absolute atomic E-state index is 0.0558.